The fourth-order valence-electron chi connectivity index (χ4n) is 6.00. The lowest BCUT2D eigenvalue weighted by molar-refractivity contribution is -0.143. The molecular formula is C28H31FN4O5. The molecule has 2 heterocycles. The number of benzene rings is 2. The van der Waals surface area contributed by atoms with Gasteiger partial charge in [-0.3, -0.25) is 9.59 Å². The van der Waals surface area contributed by atoms with Crippen LogP contribution in [0.25, 0.3) is 0 Å². The van der Waals surface area contributed by atoms with E-state index in [1.807, 2.05) is 13.8 Å². The maximum absolute atomic E-state index is 13.7. The van der Waals surface area contributed by atoms with Crippen molar-refractivity contribution in [3.63, 3.8) is 0 Å². The molecule has 5 amide bonds. The highest BCUT2D eigenvalue weighted by atomic mass is 19.1. The van der Waals surface area contributed by atoms with Gasteiger partial charge in [-0.1, -0.05) is 32.0 Å². The Morgan fingerprint density at radius 2 is 1.87 bits per heavy atom. The second-order valence-electron chi connectivity index (χ2n) is 10.4. The third kappa shape index (κ3) is 4.27. The van der Waals surface area contributed by atoms with E-state index in [9.17, 15) is 23.6 Å². The Kier molecular flexibility index (Phi) is 6.58. The van der Waals surface area contributed by atoms with E-state index >= 15 is 0 Å². The van der Waals surface area contributed by atoms with E-state index in [4.69, 9.17) is 4.74 Å². The zero-order chi connectivity index (χ0) is 27.2. The number of carbonyl (C=O) groups is 4. The molecule has 2 fully saturated rings. The zero-order valence-electron chi connectivity index (χ0n) is 21.6. The average molecular weight is 523 g/mol. The van der Waals surface area contributed by atoms with Gasteiger partial charge in [-0.25, -0.2) is 18.9 Å². The van der Waals surface area contributed by atoms with E-state index in [0.717, 1.165) is 22.4 Å². The van der Waals surface area contributed by atoms with Crippen molar-refractivity contribution >= 4 is 29.6 Å². The third-order valence-corrected chi connectivity index (χ3v) is 7.88. The molecule has 5 rings (SSSR count). The van der Waals surface area contributed by atoms with Crippen LogP contribution in [-0.2, 0) is 26.3 Å². The van der Waals surface area contributed by atoms with Crippen LogP contribution < -0.4 is 10.6 Å². The number of amides is 5. The molecule has 10 heteroatoms. The number of likely N-dealkylation sites (tertiary alicyclic amines) is 1. The largest absolute Gasteiger partial charge is 0.427 e. The normalized spacial score (nSPS) is 24.2. The van der Waals surface area contributed by atoms with Crippen LogP contribution >= 0.6 is 0 Å². The first kappa shape index (κ1) is 25.7. The minimum atomic E-state index is -1.48. The highest BCUT2D eigenvalue weighted by molar-refractivity contribution is 6.06. The molecule has 0 radical (unpaired) electrons. The molecule has 2 saturated heterocycles. The van der Waals surface area contributed by atoms with Gasteiger partial charge in [0.25, 0.3) is 5.91 Å². The first-order chi connectivity index (χ1) is 18.1. The van der Waals surface area contributed by atoms with Crippen molar-refractivity contribution in [2.45, 2.75) is 57.2 Å². The van der Waals surface area contributed by atoms with Crippen LogP contribution in [0.4, 0.5) is 19.7 Å². The Balaban J connectivity index is 1.38. The van der Waals surface area contributed by atoms with Crippen LogP contribution in [0.3, 0.4) is 0 Å². The van der Waals surface area contributed by atoms with Gasteiger partial charge in [0.15, 0.2) is 0 Å². The average Bonchev–Trinajstić information content (AvgIpc) is 3.56. The van der Waals surface area contributed by atoms with Crippen LogP contribution in [0.2, 0.25) is 0 Å². The molecule has 3 atom stereocenters. The number of nitrogens with one attached hydrogen (secondary N) is 2. The summed E-state index contributed by atoms with van der Waals surface area (Å²) in [6.45, 7) is 3.64. The van der Waals surface area contributed by atoms with Crippen molar-refractivity contribution in [3.8, 4) is 0 Å². The van der Waals surface area contributed by atoms with E-state index in [2.05, 4.69) is 10.6 Å². The van der Waals surface area contributed by atoms with Crippen molar-refractivity contribution in [1.82, 2.24) is 15.1 Å². The highest BCUT2D eigenvalue weighted by Crippen LogP contribution is 2.46. The van der Waals surface area contributed by atoms with E-state index in [0.29, 0.717) is 24.1 Å². The molecule has 1 spiro atoms. The zero-order valence-corrected chi connectivity index (χ0v) is 21.6. The standard InChI is InChI=1S/C28H31FN4O5/c1-16(2)22-10-11-23(17-4-6-19(29)7-5-17)33(22)24(34)15-32-25(35)28(38-27(32)37)13-12-18-14-20(8-9-21(18)28)31-26(36)30-3/h4-9,14,16,22-23H,10-13,15H2,1-3H3,(H2,30,31,36)/t22-,23-,28?/m1/s1. The van der Waals surface area contributed by atoms with E-state index in [-0.39, 0.29) is 42.2 Å². The predicted octanol–water partition coefficient (Wildman–Crippen LogP) is 4.09. The third-order valence-electron chi connectivity index (χ3n) is 7.88. The molecule has 0 saturated carbocycles. The number of hydrogen-bond donors (Lipinski definition) is 2. The molecule has 38 heavy (non-hydrogen) atoms. The van der Waals surface area contributed by atoms with E-state index in [1.54, 1.807) is 35.2 Å². The second-order valence-corrected chi connectivity index (χ2v) is 10.4. The molecule has 2 N–H and O–H groups in total. The summed E-state index contributed by atoms with van der Waals surface area (Å²) in [7, 11) is 1.51. The smallest absolute Gasteiger partial charge is 0.418 e. The molecule has 1 aliphatic carbocycles. The molecule has 0 bridgehead atoms. The summed E-state index contributed by atoms with van der Waals surface area (Å²) in [6.07, 6.45) is 1.38. The number of aryl methyl sites for hydroxylation is 1. The first-order valence-electron chi connectivity index (χ1n) is 12.9. The number of imide groups is 1. The van der Waals surface area contributed by atoms with Crippen molar-refractivity contribution in [2.24, 2.45) is 5.92 Å². The van der Waals surface area contributed by atoms with Gasteiger partial charge in [-0.2, -0.15) is 0 Å². The topological polar surface area (TPSA) is 108 Å². The molecule has 2 aromatic carbocycles. The fourth-order valence-corrected chi connectivity index (χ4v) is 6.00. The summed E-state index contributed by atoms with van der Waals surface area (Å²) >= 11 is 0. The number of carbonyl (C=O) groups excluding carboxylic acids is 4. The van der Waals surface area contributed by atoms with Gasteiger partial charge < -0.3 is 20.3 Å². The van der Waals surface area contributed by atoms with Crippen molar-refractivity contribution < 1.29 is 28.3 Å². The van der Waals surface area contributed by atoms with Gasteiger partial charge in [0.1, 0.15) is 12.4 Å². The number of anilines is 1. The predicted molar refractivity (Wildman–Crippen MR) is 137 cm³/mol. The Morgan fingerprint density at radius 1 is 1.13 bits per heavy atom. The number of hydrogen-bond acceptors (Lipinski definition) is 5. The summed E-state index contributed by atoms with van der Waals surface area (Å²) < 4.78 is 19.2. The minimum absolute atomic E-state index is 0.0707. The van der Waals surface area contributed by atoms with Crippen LogP contribution in [-0.4, -0.2) is 53.4 Å². The van der Waals surface area contributed by atoms with Gasteiger partial charge in [0, 0.05) is 30.8 Å². The highest BCUT2D eigenvalue weighted by Gasteiger charge is 2.58. The number of halogens is 1. The number of nitrogens with zero attached hydrogens (tertiary/aromatic N) is 2. The number of urea groups is 1. The molecule has 1 unspecified atom stereocenters. The van der Waals surface area contributed by atoms with Crippen molar-refractivity contribution in [1.29, 1.82) is 0 Å². The number of fused-ring (bicyclic) bond motifs is 2. The molecule has 200 valence electrons. The number of rotatable bonds is 5. The van der Waals surface area contributed by atoms with Gasteiger partial charge >= 0.3 is 12.1 Å². The van der Waals surface area contributed by atoms with Crippen LogP contribution in [0, 0.1) is 11.7 Å². The van der Waals surface area contributed by atoms with Gasteiger partial charge in [-0.15, -0.1) is 0 Å². The van der Waals surface area contributed by atoms with Gasteiger partial charge in [0.05, 0.1) is 6.04 Å². The maximum atomic E-state index is 13.7. The van der Waals surface area contributed by atoms with E-state index in [1.165, 1.54) is 19.2 Å². The van der Waals surface area contributed by atoms with Crippen molar-refractivity contribution in [2.75, 3.05) is 18.9 Å². The lowest BCUT2D eigenvalue weighted by Crippen LogP contribution is -2.47. The van der Waals surface area contributed by atoms with Crippen LogP contribution in [0.1, 0.15) is 55.8 Å². The van der Waals surface area contributed by atoms with Gasteiger partial charge in [0.2, 0.25) is 11.5 Å². The molecule has 0 aromatic heterocycles. The van der Waals surface area contributed by atoms with Crippen molar-refractivity contribution in [3.05, 3.63) is 65.0 Å². The maximum Gasteiger partial charge on any atom is 0.418 e. The summed E-state index contributed by atoms with van der Waals surface area (Å²) in [4.78, 5) is 54.6. The van der Waals surface area contributed by atoms with Crippen LogP contribution in [0.15, 0.2) is 42.5 Å². The Morgan fingerprint density at radius 3 is 2.55 bits per heavy atom. The lowest BCUT2D eigenvalue weighted by Gasteiger charge is -2.33. The molecule has 2 aliphatic heterocycles. The Hall–Kier alpha value is -3.95. The molecule has 3 aliphatic rings. The summed E-state index contributed by atoms with van der Waals surface area (Å²) in [5.41, 5.74) is 1.27. The lowest BCUT2D eigenvalue weighted by atomic mass is 9.94. The monoisotopic (exact) mass is 522 g/mol. The Bertz CT molecular complexity index is 1300. The number of ether oxygens (including phenoxy) is 1. The summed E-state index contributed by atoms with van der Waals surface area (Å²) in [5.74, 6) is -1.09. The molecular weight excluding hydrogens is 491 g/mol. The second kappa shape index (κ2) is 9.74. The quantitative estimate of drug-likeness (QED) is 0.615. The van der Waals surface area contributed by atoms with Crippen LogP contribution in [0.5, 0.6) is 0 Å². The van der Waals surface area contributed by atoms with Gasteiger partial charge in [-0.05, 0) is 60.6 Å². The SMILES string of the molecule is CNC(=O)Nc1ccc2c(c1)CCC21OC(=O)N(CC(=O)N2[C@@H](c3ccc(F)cc3)CC[C@@H]2C(C)C)C1=O. The summed E-state index contributed by atoms with van der Waals surface area (Å²) in [6, 6.07) is 10.5. The molecule has 9 nitrogen and oxygen atoms in total. The summed E-state index contributed by atoms with van der Waals surface area (Å²) in [5, 5.41) is 5.18. The first-order valence-corrected chi connectivity index (χ1v) is 12.9. The Labute approximate surface area is 220 Å². The van der Waals surface area contributed by atoms with E-state index < -0.39 is 24.1 Å². The molecule has 2 aromatic rings. The minimum Gasteiger partial charge on any atom is -0.427 e. The fraction of sp³-hybridized carbons (Fsp3) is 0.429.